The zero-order chi connectivity index (χ0) is 11.0. The van der Waals surface area contributed by atoms with Crippen molar-refractivity contribution in [1.82, 2.24) is 0 Å². The third kappa shape index (κ3) is 7.97. The number of aliphatic hydroxyl groups excluding tert-OH is 2. The summed E-state index contributed by atoms with van der Waals surface area (Å²) in [4.78, 5) is 10.5. The van der Waals surface area contributed by atoms with Gasteiger partial charge in [-0.2, -0.15) is 0 Å². The summed E-state index contributed by atoms with van der Waals surface area (Å²) in [6.07, 6.45) is -0.435. The Morgan fingerprint density at radius 3 is 2.64 bits per heavy atom. The van der Waals surface area contributed by atoms with Crippen LogP contribution in [0.5, 0.6) is 0 Å². The van der Waals surface area contributed by atoms with E-state index in [2.05, 4.69) is 0 Å². The number of aliphatic hydroxyl groups is 2. The van der Waals surface area contributed by atoms with Gasteiger partial charge in [-0.25, -0.2) is 0 Å². The number of ether oxygens (including phenoxy) is 2. The van der Waals surface area contributed by atoms with Crippen molar-refractivity contribution in [2.24, 2.45) is 0 Å². The lowest BCUT2D eigenvalue weighted by atomic mass is 10.3. The number of carbonyl (C=O) groups is 1. The highest BCUT2D eigenvalue weighted by molar-refractivity contribution is 5.66. The maximum Gasteiger partial charge on any atom is 0.302 e. The normalized spacial score (nSPS) is 14.9. The molecule has 0 saturated carbocycles. The number of rotatable bonds is 7. The molecule has 0 unspecified atom stereocenters. The molecule has 0 aromatic rings. The topological polar surface area (TPSA) is 76.0 Å². The van der Waals surface area contributed by atoms with E-state index in [0.29, 0.717) is 13.0 Å². The summed E-state index contributed by atoms with van der Waals surface area (Å²) in [6, 6.07) is 0. The zero-order valence-corrected chi connectivity index (χ0v) is 8.60. The average Bonchev–Trinajstić information content (AvgIpc) is 2.10. The maximum atomic E-state index is 10.5. The molecule has 2 N–H and O–H groups in total. The van der Waals surface area contributed by atoms with Gasteiger partial charge in [-0.15, -0.1) is 0 Å². The number of hydrogen-bond acceptors (Lipinski definition) is 5. The van der Waals surface area contributed by atoms with Crippen molar-refractivity contribution in [3.8, 4) is 0 Å². The van der Waals surface area contributed by atoms with Crippen LogP contribution in [-0.4, -0.2) is 48.2 Å². The van der Waals surface area contributed by atoms with Crippen molar-refractivity contribution in [2.75, 3.05) is 19.8 Å². The van der Waals surface area contributed by atoms with Crippen LogP contribution in [0.2, 0.25) is 0 Å². The molecule has 0 aromatic heterocycles. The van der Waals surface area contributed by atoms with Crippen molar-refractivity contribution in [1.29, 1.82) is 0 Å². The average molecular weight is 206 g/mol. The standard InChI is InChI=1S/C9H18O5/c1-7(14-8(2)11)3-4-13-6-9(12)5-10/h7,9-10,12H,3-6H2,1-2H3/t7-,9-/m1/s1. The first-order valence-corrected chi connectivity index (χ1v) is 4.60. The summed E-state index contributed by atoms with van der Waals surface area (Å²) in [5.41, 5.74) is 0. The van der Waals surface area contributed by atoms with Gasteiger partial charge in [-0.05, 0) is 6.92 Å². The molecule has 84 valence electrons. The first-order valence-electron chi connectivity index (χ1n) is 4.60. The van der Waals surface area contributed by atoms with Crippen LogP contribution in [0.1, 0.15) is 20.3 Å². The molecule has 5 nitrogen and oxygen atoms in total. The molecule has 0 aliphatic carbocycles. The fourth-order valence-electron chi connectivity index (χ4n) is 0.864. The lowest BCUT2D eigenvalue weighted by molar-refractivity contribution is -0.146. The Morgan fingerprint density at radius 1 is 1.50 bits per heavy atom. The second kappa shape index (κ2) is 7.73. The molecule has 0 aromatic carbocycles. The highest BCUT2D eigenvalue weighted by Gasteiger charge is 2.06. The third-order valence-electron chi connectivity index (χ3n) is 1.56. The van der Waals surface area contributed by atoms with Crippen molar-refractivity contribution in [2.45, 2.75) is 32.5 Å². The summed E-state index contributed by atoms with van der Waals surface area (Å²) in [5.74, 6) is -0.312. The van der Waals surface area contributed by atoms with Gasteiger partial charge < -0.3 is 19.7 Å². The summed E-state index contributed by atoms with van der Waals surface area (Å²) >= 11 is 0. The van der Waals surface area contributed by atoms with Gasteiger partial charge in [0, 0.05) is 13.3 Å². The van der Waals surface area contributed by atoms with Crippen LogP contribution in [0.3, 0.4) is 0 Å². The van der Waals surface area contributed by atoms with Gasteiger partial charge in [0.05, 0.1) is 19.8 Å². The van der Waals surface area contributed by atoms with Crippen LogP contribution in [0.15, 0.2) is 0 Å². The molecule has 0 saturated heterocycles. The van der Waals surface area contributed by atoms with E-state index in [-0.39, 0.29) is 25.3 Å². The smallest absolute Gasteiger partial charge is 0.302 e. The van der Waals surface area contributed by atoms with Crippen molar-refractivity contribution < 1.29 is 24.5 Å². The SMILES string of the molecule is CC(=O)O[C@H](C)CCOC[C@H](O)CO. The van der Waals surface area contributed by atoms with E-state index < -0.39 is 6.10 Å². The molecule has 0 radical (unpaired) electrons. The highest BCUT2D eigenvalue weighted by atomic mass is 16.5. The van der Waals surface area contributed by atoms with E-state index in [1.807, 2.05) is 0 Å². The van der Waals surface area contributed by atoms with Gasteiger partial charge in [0.15, 0.2) is 0 Å². The summed E-state index contributed by atoms with van der Waals surface area (Å²) < 4.78 is 9.89. The molecular weight excluding hydrogens is 188 g/mol. The molecule has 0 aliphatic heterocycles. The lowest BCUT2D eigenvalue weighted by Gasteiger charge is -2.12. The van der Waals surface area contributed by atoms with Gasteiger partial charge in [-0.3, -0.25) is 4.79 Å². The van der Waals surface area contributed by atoms with E-state index in [9.17, 15) is 4.79 Å². The van der Waals surface area contributed by atoms with E-state index >= 15 is 0 Å². The molecule has 0 aliphatic rings. The Hall–Kier alpha value is -0.650. The van der Waals surface area contributed by atoms with E-state index in [1.165, 1.54) is 6.92 Å². The molecule has 0 heterocycles. The first kappa shape index (κ1) is 13.4. The Bertz CT molecular complexity index is 159. The van der Waals surface area contributed by atoms with E-state index in [1.54, 1.807) is 6.92 Å². The van der Waals surface area contributed by atoms with Crippen molar-refractivity contribution in [3.63, 3.8) is 0 Å². The Kier molecular flexibility index (Phi) is 7.37. The fourth-order valence-corrected chi connectivity index (χ4v) is 0.864. The molecule has 5 heteroatoms. The number of carbonyl (C=O) groups excluding carboxylic acids is 1. The number of hydrogen-bond donors (Lipinski definition) is 2. The van der Waals surface area contributed by atoms with Gasteiger partial charge >= 0.3 is 5.97 Å². The molecular formula is C9H18O5. The van der Waals surface area contributed by atoms with Crippen LogP contribution < -0.4 is 0 Å². The Balaban J connectivity index is 3.31. The van der Waals surface area contributed by atoms with Gasteiger partial charge in [0.25, 0.3) is 0 Å². The molecule has 14 heavy (non-hydrogen) atoms. The van der Waals surface area contributed by atoms with Crippen LogP contribution in [0.4, 0.5) is 0 Å². The molecule has 2 atom stereocenters. The highest BCUT2D eigenvalue weighted by Crippen LogP contribution is 1.98. The molecule has 0 spiro atoms. The largest absolute Gasteiger partial charge is 0.463 e. The zero-order valence-electron chi connectivity index (χ0n) is 8.60. The van der Waals surface area contributed by atoms with Crippen LogP contribution in [0.25, 0.3) is 0 Å². The quantitative estimate of drug-likeness (QED) is 0.441. The van der Waals surface area contributed by atoms with Crippen molar-refractivity contribution in [3.05, 3.63) is 0 Å². The molecule has 0 amide bonds. The maximum absolute atomic E-state index is 10.5. The van der Waals surface area contributed by atoms with Gasteiger partial charge in [0.1, 0.15) is 12.2 Å². The number of esters is 1. The molecule has 0 rings (SSSR count). The molecule has 0 bridgehead atoms. The second-order valence-electron chi connectivity index (χ2n) is 3.12. The summed E-state index contributed by atoms with van der Waals surface area (Å²) in [5, 5.41) is 17.4. The van der Waals surface area contributed by atoms with Gasteiger partial charge in [-0.1, -0.05) is 0 Å². The van der Waals surface area contributed by atoms with E-state index in [0.717, 1.165) is 0 Å². The minimum atomic E-state index is -0.834. The van der Waals surface area contributed by atoms with E-state index in [4.69, 9.17) is 19.7 Å². The monoisotopic (exact) mass is 206 g/mol. The van der Waals surface area contributed by atoms with Gasteiger partial charge in [0.2, 0.25) is 0 Å². The lowest BCUT2D eigenvalue weighted by Crippen LogP contribution is -2.21. The Labute approximate surface area is 83.6 Å². The van der Waals surface area contributed by atoms with Crippen LogP contribution in [-0.2, 0) is 14.3 Å². The fraction of sp³-hybridized carbons (Fsp3) is 0.889. The first-order chi connectivity index (χ1) is 6.56. The molecule has 0 fully saturated rings. The minimum Gasteiger partial charge on any atom is -0.463 e. The van der Waals surface area contributed by atoms with Crippen LogP contribution >= 0.6 is 0 Å². The predicted octanol–water partition coefficient (Wildman–Crippen LogP) is -0.302. The van der Waals surface area contributed by atoms with Crippen molar-refractivity contribution >= 4 is 5.97 Å². The minimum absolute atomic E-state index is 0.100. The summed E-state index contributed by atoms with van der Waals surface area (Å²) in [7, 11) is 0. The third-order valence-corrected chi connectivity index (χ3v) is 1.56. The second-order valence-corrected chi connectivity index (χ2v) is 3.12. The Morgan fingerprint density at radius 2 is 2.14 bits per heavy atom. The van der Waals surface area contributed by atoms with Crippen LogP contribution in [0, 0.1) is 0 Å². The summed E-state index contributed by atoms with van der Waals surface area (Å²) in [6.45, 7) is 3.31. The predicted molar refractivity (Wildman–Crippen MR) is 49.8 cm³/mol.